The Hall–Kier alpha value is -2.89. The third kappa shape index (κ3) is 4.81. The van der Waals surface area contributed by atoms with Crippen molar-refractivity contribution in [1.29, 1.82) is 0 Å². The number of amides is 1. The maximum Gasteiger partial charge on any atom is 0.340 e. The molecule has 0 unspecified atom stereocenters. The summed E-state index contributed by atoms with van der Waals surface area (Å²) in [4.78, 5) is 23.7. The number of rotatable bonds is 6. The molecule has 0 aliphatic carbocycles. The lowest BCUT2D eigenvalue weighted by molar-refractivity contribution is -0.118. The topological polar surface area (TPSA) is 64.6 Å². The second-order valence-corrected chi connectivity index (χ2v) is 4.56. The lowest BCUT2D eigenvalue weighted by Crippen LogP contribution is -2.22. The Labute approximate surface area is 133 Å². The van der Waals surface area contributed by atoms with Crippen LogP contribution in [0.15, 0.2) is 48.5 Å². The number of carbonyl (C=O) groups excluding carboxylic acids is 2. The average molecular weight is 317 g/mol. The Bertz CT molecular complexity index is 685. The lowest BCUT2D eigenvalue weighted by atomic mass is 10.2. The van der Waals surface area contributed by atoms with E-state index in [1.165, 1.54) is 24.3 Å². The molecule has 0 atom stereocenters. The number of hydrogen-bond acceptors (Lipinski definition) is 4. The zero-order valence-corrected chi connectivity index (χ0v) is 12.5. The van der Waals surface area contributed by atoms with Crippen molar-refractivity contribution in [2.45, 2.75) is 6.92 Å². The summed E-state index contributed by atoms with van der Waals surface area (Å²) in [5, 5.41) is 2.59. The van der Waals surface area contributed by atoms with E-state index in [1.54, 1.807) is 31.2 Å². The van der Waals surface area contributed by atoms with Crippen LogP contribution in [0.3, 0.4) is 0 Å². The number of benzene rings is 2. The quantitative estimate of drug-likeness (QED) is 0.832. The van der Waals surface area contributed by atoms with E-state index in [-0.39, 0.29) is 24.6 Å². The van der Waals surface area contributed by atoms with Crippen molar-refractivity contribution >= 4 is 17.6 Å². The third-order valence-electron chi connectivity index (χ3n) is 2.88. The smallest absolute Gasteiger partial charge is 0.340 e. The van der Waals surface area contributed by atoms with Gasteiger partial charge >= 0.3 is 5.97 Å². The van der Waals surface area contributed by atoms with E-state index >= 15 is 0 Å². The summed E-state index contributed by atoms with van der Waals surface area (Å²) < 4.78 is 23.0. The minimum Gasteiger partial charge on any atom is -0.484 e. The Kier molecular flexibility index (Phi) is 5.68. The summed E-state index contributed by atoms with van der Waals surface area (Å²) >= 11 is 0. The molecule has 120 valence electrons. The minimum atomic E-state index is -0.511. The molecule has 5 nitrogen and oxygen atoms in total. The number of nitrogens with one attached hydrogen (secondary N) is 1. The van der Waals surface area contributed by atoms with Crippen LogP contribution in [0.25, 0.3) is 0 Å². The van der Waals surface area contributed by atoms with Crippen LogP contribution in [0, 0.1) is 5.82 Å². The van der Waals surface area contributed by atoms with Crippen molar-refractivity contribution < 1.29 is 23.5 Å². The van der Waals surface area contributed by atoms with E-state index in [0.717, 1.165) is 0 Å². The summed E-state index contributed by atoms with van der Waals surface area (Å²) in [6, 6.07) is 11.9. The van der Waals surface area contributed by atoms with Crippen LogP contribution in [-0.4, -0.2) is 25.1 Å². The highest BCUT2D eigenvalue weighted by Crippen LogP contribution is 2.16. The zero-order chi connectivity index (χ0) is 16.7. The molecular formula is C17H16FNO4. The van der Waals surface area contributed by atoms with E-state index < -0.39 is 11.9 Å². The van der Waals surface area contributed by atoms with Gasteiger partial charge in [-0.15, -0.1) is 0 Å². The number of hydrogen-bond donors (Lipinski definition) is 1. The fraction of sp³-hybridized carbons (Fsp3) is 0.176. The van der Waals surface area contributed by atoms with Gasteiger partial charge in [0.2, 0.25) is 0 Å². The summed E-state index contributed by atoms with van der Waals surface area (Å²) in [7, 11) is 0. The van der Waals surface area contributed by atoms with E-state index in [4.69, 9.17) is 9.47 Å². The van der Waals surface area contributed by atoms with Gasteiger partial charge in [0.15, 0.2) is 6.61 Å². The SMILES string of the molecule is CCOC(=O)c1ccccc1NC(=O)COc1ccc(F)cc1. The lowest BCUT2D eigenvalue weighted by Gasteiger charge is -2.11. The molecule has 0 aliphatic heterocycles. The first-order chi connectivity index (χ1) is 11.1. The zero-order valence-electron chi connectivity index (χ0n) is 12.5. The first-order valence-electron chi connectivity index (χ1n) is 7.04. The summed E-state index contributed by atoms with van der Waals surface area (Å²) in [5.74, 6) is -0.959. The maximum absolute atomic E-state index is 12.8. The molecule has 0 fully saturated rings. The Morgan fingerprint density at radius 2 is 1.78 bits per heavy atom. The minimum absolute atomic E-state index is 0.245. The number of anilines is 1. The molecule has 6 heteroatoms. The first-order valence-corrected chi connectivity index (χ1v) is 7.04. The van der Waals surface area contributed by atoms with E-state index in [2.05, 4.69) is 5.32 Å². The number of esters is 1. The van der Waals surface area contributed by atoms with Crippen LogP contribution in [0.1, 0.15) is 17.3 Å². The maximum atomic E-state index is 12.8. The molecule has 0 aliphatic rings. The van der Waals surface area contributed by atoms with Crippen molar-refractivity contribution in [2.75, 3.05) is 18.5 Å². The summed E-state index contributed by atoms with van der Waals surface area (Å²) in [6.07, 6.45) is 0. The normalized spacial score (nSPS) is 10.0. The van der Waals surface area contributed by atoms with Crippen molar-refractivity contribution in [3.05, 3.63) is 59.9 Å². The molecule has 0 saturated carbocycles. The van der Waals surface area contributed by atoms with Gasteiger partial charge in [-0.1, -0.05) is 12.1 Å². The molecule has 23 heavy (non-hydrogen) atoms. The van der Waals surface area contributed by atoms with Crippen molar-refractivity contribution in [3.63, 3.8) is 0 Å². The molecule has 0 aromatic heterocycles. The van der Waals surface area contributed by atoms with Gasteiger partial charge in [0.1, 0.15) is 11.6 Å². The van der Waals surface area contributed by atoms with Crippen molar-refractivity contribution in [3.8, 4) is 5.75 Å². The monoisotopic (exact) mass is 317 g/mol. The highest BCUT2D eigenvalue weighted by Gasteiger charge is 2.14. The Morgan fingerprint density at radius 1 is 1.09 bits per heavy atom. The second-order valence-electron chi connectivity index (χ2n) is 4.56. The van der Waals surface area contributed by atoms with Crippen LogP contribution >= 0.6 is 0 Å². The molecule has 0 heterocycles. The number of halogens is 1. The van der Waals surface area contributed by atoms with Crippen LogP contribution < -0.4 is 10.1 Å². The summed E-state index contributed by atoms with van der Waals surface area (Å²) in [5.41, 5.74) is 0.614. The molecule has 1 N–H and O–H groups in total. The second kappa shape index (κ2) is 7.93. The van der Waals surface area contributed by atoms with Crippen molar-refractivity contribution in [2.24, 2.45) is 0 Å². The van der Waals surface area contributed by atoms with Gasteiger partial charge in [-0.2, -0.15) is 0 Å². The molecule has 2 rings (SSSR count). The highest BCUT2D eigenvalue weighted by atomic mass is 19.1. The van der Waals surface area contributed by atoms with E-state index in [9.17, 15) is 14.0 Å². The molecular weight excluding hydrogens is 301 g/mol. The van der Waals surface area contributed by atoms with Gasteiger partial charge in [0.05, 0.1) is 17.9 Å². The molecule has 0 radical (unpaired) electrons. The molecule has 0 spiro atoms. The predicted molar refractivity (Wildman–Crippen MR) is 82.9 cm³/mol. The van der Waals surface area contributed by atoms with E-state index in [1.807, 2.05) is 0 Å². The highest BCUT2D eigenvalue weighted by molar-refractivity contribution is 6.01. The van der Waals surface area contributed by atoms with Gasteiger partial charge in [-0.3, -0.25) is 4.79 Å². The number of ether oxygens (including phenoxy) is 2. The molecule has 0 bridgehead atoms. The summed E-state index contributed by atoms with van der Waals surface area (Å²) in [6.45, 7) is 1.69. The van der Waals surface area contributed by atoms with Gasteiger partial charge in [-0.05, 0) is 43.3 Å². The number of carbonyl (C=O) groups is 2. The van der Waals surface area contributed by atoms with Gasteiger partial charge in [0, 0.05) is 0 Å². The molecule has 2 aromatic rings. The van der Waals surface area contributed by atoms with Gasteiger partial charge in [0.25, 0.3) is 5.91 Å². The average Bonchev–Trinajstić information content (AvgIpc) is 2.55. The number of para-hydroxylation sites is 1. The van der Waals surface area contributed by atoms with Crippen LogP contribution in [0.5, 0.6) is 5.75 Å². The largest absolute Gasteiger partial charge is 0.484 e. The molecule has 2 aromatic carbocycles. The fourth-order valence-electron chi connectivity index (χ4n) is 1.84. The van der Waals surface area contributed by atoms with Crippen LogP contribution in [0.2, 0.25) is 0 Å². The van der Waals surface area contributed by atoms with Gasteiger partial charge in [-0.25, -0.2) is 9.18 Å². The Morgan fingerprint density at radius 3 is 2.48 bits per heavy atom. The molecule has 1 amide bonds. The molecule has 0 saturated heterocycles. The first kappa shape index (κ1) is 16.5. The van der Waals surface area contributed by atoms with Crippen molar-refractivity contribution in [1.82, 2.24) is 0 Å². The fourth-order valence-corrected chi connectivity index (χ4v) is 1.84. The van der Waals surface area contributed by atoms with Crippen LogP contribution in [-0.2, 0) is 9.53 Å². The third-order valence-corrected chi connectivity index (χ3v) is 2.88. The predicted octanol–water partition coefficient (Wildman–Crippen LogP) is 3.02. The Balaban J connectivity index is 1.97. The van der Waals surface area contributed by atoms with Gasteiger partial charge < -0.3 is 14.8 Å². The van der Waals surface area contributed by atoms with Crippen LogP contribution in [0.4, 0.5) is 10.1 Å². The van der Waals surface area contributed by atoms with E-state index in [0.29, 0.717) is 11.4 Å². The standard InChI is InChI=1S/C17H16FNO4/c1-2-22-17(21)14-5-3-4-6-15(14)19-16(20)11-23-13-9-7-12(18)8-10-13/h3-10H,2,11H2,1H3,(H,19,20).